The third kappa shape index (κ3) is 6.21. The molecule has 0 aromatic rings. The van der Waals surface area contributed by atoms with Gasteiger partial charge in [-0.1, -0.05) is 13.8 Å². The Morgan fingerprint density at radius 1 is 1.11 bits per heavy atom. The zero-order chi connectivity index (χ0) is 14.3. The van der Waals surface area contributed by atoms with Crippen LogP contribution < -0.4 is 5.32 Å². The van der Waals surface area contributed by atoms with Gasteiger partial charge in [0, 0.05) is 58.5 Å². The van der Waals surface area contributed by atoms with E-state index in [9.17, 15) is 0 Å². The lowest BCUT2D eigenvalue weighted by Crippen LogP contribution is -2.54. The van der Waals surface area contributed by atoms with Crippen LogP contribution in [0.3, 0.4) is 0 Å². The third-order valence-corrected chi connectivity index (χ3v) is 4.21. The van der Waals surface area contributed by atoms with Gasteiger partial charge in [0.05, 0.1) is 0 Å². The van der Waals surface area contributed by atoms with Gasteiger partial charge in [-0.05, 0) is 26.3 Å². The van der Waals surface area contributed by atoms with Gasteiger partial charge in [0.15, 0.2) is 0 Å². The van der Waals surface area contributed by atoms with Gasteiger partial charge in [-0.3, -0.25) is 4.90 Å². The molecule has 0 amide bonds. The number of hydrogen-bond donors (Lipinski definition) is 1. The highest BCUT2D eigenvalue weighted by Crippen LogP contribution is 2.13. The first-order valence-corrected chi connectivity index (χ1v) is 7.69. The van der Waals surface area contributed by atoms with Crippen LogP contribution in [-0.4, -0.2) is 75.4 Å². The molecule has 1 heterocycles. The molecule has 1 rings (SSSR count). The van der Waals surface area contributed by atoms with Crippen LogP contribution in [0.15, 0.2) is 0 Å². The molecule has 4 nitrogen and oxygen atoms in total. The molecule has 1 N–H and O–H groups in total. The number of likely N-dealkylation sites (N-methyl/N-ethyl adjacent to an activating group) is 1. The number of rotatable bonds is 8. The van der Waals surface area contributed by atoms with Crippen LogP contribution >= 0.6 is 0 Å². The van der Waals surface area contributed by atoms with Gasteiger partial charge >= 0.3 is 0 Å². The highest BCUT2D eigenvalue weighted by Gasteiger charge is 2.24. The molecule has 0 bridgehead atoms. The minimum Gasteiger partial charge on any atom is -0.385 e. The first-order valence-electron chi connectivity index (χ1n) is 7.69. The van der Waals surface area contributed by atoms with Gasteiger partial charge in [0.1, 0.15) is 0 Å². The van der Waals surface area contributed by atoms with Crippen LogP contribution in [0.2, 0.25) is 0 Å². The summed E-state index contributed by atoms with van der Waals surface area (Å²) >= 11 is 0. The molecule has 1 aliphatic heterocycles. The highest BCUT2D eigenvalue weighted by atomic mass is 16.5. The van der Waals surface area contributed by atoms with E-state index in [-0.39, 0.29) is 0 Å². The Morgan fingerprint density at radius 3 is 2.26 bits per heavy atom. The van der Waals surface area contributed by atoms with Crippen molar-refractivity contribution in [3.63, 3.8) is 0 Å². The Morgan fingerprint density at radius 2 is 1.74 bits per heavy atom. The summed E-state index contributed by atoms with van der Waals surface area (Å²) in [4.78, 5) is 5.07. The first-order chi connectivity index (χ1) is 9.04. The van der Waals surface area contributed by atoms with Crippen molar-refractivity contribution in [3.8, 4) is 0 Å². The number of nitrogens with zero attached hydrogens (tertiary/aromatic N) is 2. The van der Waals surface area contributed by atoms with E-state index >= 15 is 0 Å². The van der Waals surface area contributed by atoms with Gasteiger partial charge in [-0.25, -0.2) is 0 Å². The van der Waals surface area contributed by atoms with Crippen molar-refractivity contribution in [1.82, 2.24) is 15.1 Å². The van der Waals surface area contributed by atoms with Gasteiger partial charge in [0.25, 0.3) is 0 Å². The number of methoxy groups -OCH3 is 1. The van der Waals surface area contributed by atoms with Gasteiger partial charge < -0.3 is 15.0 Å². The summed E-state index contributed by atoms with van der Waals surface area (Å²) in [6.45, 7) is 13.7. The lowest BCUT2D eigenvalue weighted by atomic mass is 10.0. The number of nitrogens with one attached hydrogen (secondary N) is 1. The molecular formula is C15H33N3O. The highest BCUT2D eigenvalue weighted by molar-refractivity contribution is 4.82. The Balaban J connectivity index is 2.36. The maximum atomic E-state index is 5.14. The summed E-state index contributed by atoms with van der Waals surface area (Å²) < 4.78 is 5.14. The van der Waals surface area contributed by atoms with E-state index in [1.165, 1.54) is 26.2 Å². The van der Waals surface area contributed by atoms with Crippen LogP contribution in [-0.2, 0) is 4.74 Å². The molecule has 0 aliphatic carbocycles. The molecule has 0 radical (unpaired) electrons. The van der Waals surface area contributed by atoms with Crippen LogP contribution in [0, 0.1) is 5.92 Å². The molecule has 0 aromatic carbocycles. The molecule has 1 saturated heterocycles. The van der Waals surface area contributed by atoms with Crippen molar-refractivity contribution in [1.29, 1.82) is 0 Å². The molecule has 2 unspecified atom stereocenters. The fourth-order valence-electron chi connectivity index (χ4n) is 2.66. The Hall–Kier alpha value is -0.160. The van der Waals surface area contributed by atoms with Gasteiger partial charge in [0.2, 0.25) is 0 Å². The summed E-state index contributed by atoms with van der Waals surface area (Å²) in [5.41, 5.74) is 0. The molecular weight excluding hydrogens is 238 g/mol. The van der Waals surface area contributed by atoms with E-state index in [4.69, 9.17) is 4.74 Å². The SMILES string of the molecule is COCCC(C)NCC(C(C)C)N1CCN(C)CC1. The maximum absolute atomic E-state index is 5.14. The standard InChI is InChI=1S/C15H33N3O/c1-13(2)15(12-16-14(3)6-11-19-5)18-9-7-17(4)8-10-18/h13-16H,6-12H2,1-5H3. The molecule has 0 saturated carbocycles. The molecule has 114 valence electrons. The average molecular weight is 271 g/mol. The zero-order valence-corrected chi connectivity index (χ0v) is 13.5. The predicted octanol–water partition coefficient (Wildman–Crippen LogP) is 1.27. The summed E-state index contributed by atoms with van der Waals surface area (Å²) in [7, 11) is 3.99. The van der Waals surface area contributed by atoms with Crippen LogP contribution in [0.25, 0.3) is 0 Å². The smallest absolute Gasteiger partial charge is 0.0476 e. The van der Waals surface area contributed by atoms with E-state index in [0.29, 0.717) is 18.0 Å². The summed E-state index contributed by atoms with van der Waals surface area (Å²) in [6.07, 6.45) is 1.09. The summed E-state index contributed by atoms with van der Waals surface area (Å²) in [6, 6.07) is 1.19. The number of hydrogen-bond acceptors (Lipinski definition) is 4. The Labute approximate surface area is 119 Å². The van der Waals surface area contributed by atoms with Crippen molar-refractivity contribution < 1.29 is 4.74 Å². The molecule has 2 atom stereocenters. The van der Waals surface area contributed by atoms with Gasteiger partial charge in [-0.15, -0.1) is 0 Å². The lowest BCUT2D eigenvalue weighted by molar-refractivity contribution is 0.0852. The van der Waals surface area contributed by atoms with E-state index in [1.54, 1.807) is 7.11 Å². The zero-order valence-electron chi connectivity index (χ0n) is 13.5. The number of piperazine rings is 1. The monoisotopic (exact) mass is 271 g/mol. The normalized spacial score (nSPS) is 21.8. The van der Waals surface area contributed by atoms with E-state index < -0.39 is 0 Å². The second-order valence-electron chi connectivity index (χ2n) is 6.24. The van der Waals surface area contributed by atoms with Gasteiger partial charge in [-0.2, -0.15) is 0 Å². The van der Waals surface area contributed by atoms with Crippen molar-refractivity contribution in [2.24, 2.45) is 5.92 Å². The molecule has 19 heavy (non-hydrogen) atoms. The Bertz CT molecular complexity index is 227. The topological polar surface area (TPSA) is 27.7 Å². The maximum Gasteiger partial charge on any atom is 0.0476 e. The number of ether oxygens (including phenoxy) is 1. The summed E-state index contributed by atoms with van der Waals surface area (Å²) in [5, 5.41) is 3.67. The molecule has 1 aliphatic rings. The van der Waals surface area contributed by atoms with E-state index in [2.05, 4.69) is 42.9 Å². The lowest BCUT2D eigenvalue weighted by Gasteiger charge is -2.40. The minimum absolute atomic E-state index is 0.536. The third-order valence-electron chi connectivity index (χ3n) is 4.21. The van der Waals surface area contributed by atoms with E-state index in [1.807, 2.05) is 0 Å². The fourth-order valence-corrected chi connectivity index (χ4v) is 2.66. The van der Waals surface area contributed by atoms with Crippen molar-refractivity contribution in [3.05, 3.63) is 0 Å². The first kappa shape index (κ1) is 16.9. The van der Waals surface area contributed by atoms with Crippen molar-refractivity contribution in [2.45, 2.75) is 39.3 Å². The van der Waals surface area contributed by atoms with E-state index in [0.717, 1.165) is 19.6 Å². The second kappa shape index (κ2) is 8.90. The van der Waals surface area contributed by atoms with Crippen LogP contribution in [0.1, 0.15) is 27.2 Å². The quantitative estimate of drug-likeness (QED) is 0.719. The van der Waals surface area contributed by atoms with Crippen molar-refractivity contribution in [2.75, 3.05) is 53.5 Å². The molecule has 4 heteroatoms. The van der Waals surface area contributed by atoms with Crippen LogP contribution in [0.5, 0.6) is 0 Å². The molecule has 0 aromatic heterocycles. The predicted molar refractivity (Wildman–Crippen MR) is 81.7 cm³/mol. The average Bonchev–Trinajstić information content (AvgIpc) is 2.38. The molecule has 1 fully saturated rings. The van der Waals surface area contributed by atoms with Crippen LogP contribution in [0.4, 0.5) is 0 Å². The molecule has 0 spiro atoms. The Kier molecular flexibility index (Phi) is 7.91. The second-order valence-corrected chi connectivity index (χ2v) is 6.24. The largest absolute Gasteiger partial charge is 0.385 e. The fraction of sp³-hybridized carbons (Fsp3) is 1.00. The minimum atomic E-state index is 0.536. The summed E-state index contributed by atoms with van der Waals surface area (Å²) in [5.74, 6) is 0.700. The van der Waals surface area contributed by atoms with Crippen molar-refractivity contribution >= 4 is 0 Å².